The van der Waals surface area contributed by atoms with E-state index in [1.54, 1.807) is 0 Å². The molecule has 0 fully saturated rings. The second-order valence-corrected chi connectivity index (χ2v) is 5.12. The Morgan fingerprint density at radius 1 is 1.10 bits per heavy atom. The monoisotopic (exact) mass is 281 g/mol. The average Bonchev–Trinajstić information content (AvgIpc) is 3.15. The molecule has 2 heterocycles. The van der Waals surface area contributed by atoms with Gasteiger partial charge in [0.15, 0.2) is 0 Å². The maximum Gasteiger partial charge on any atom is 0.0645 e. The fraction of sp³-hybridized carbons (Fsp3) is 0.250. The summed E-state index contributed by atoms with van der Waals surface area (Å²) in [6.07, 6.45) is 8.85. The lowest BCUT2D eigenvalue weighted by molar-refractivity contribution is 0.591. The molecule has 1 aromatic carbocycles. The molecule has 5 nitrogen and oxygen atoms in total. The first kappa shape index (κ1) is 13.6. The topological polar surface area (TPSA) is 47.7 Å². The highest BCUT2D eigenvalue weighted by atomic mass is 15.3. The summed E-state index contributed by atoms with van der Waals surface area (Å²) in [7, 11) is 3.91. The standard InChI is InChI=1S/C16H19N5/c1-17-16(8-13-9-18-20(2)11-13)14-10-19-21(12-14)15-6-4-3-5-7-15/h3-7,9-12,16-17H,8H2,1-2H3. The number of nitrogens with zero attached hydrogens (tertiary/aromatic N) is 4. The molecule has 0 aliphatic carbocycles. The minimum Gasteiger partial charge on any atom is -0.313 e. The molecule has 0 amide bonds. The third-order valence-corrected chi connectivity index (χ3v) is 3.57. The van der Waals surface area contributed by atoms with E-state index in [2.05, 4.69) is 21.7 Å². The summed E-state index contributed by atoms with van der Waals surface area (Å²) in [4.78, 5) is 0. The number of likely N-dealkylation sites (N-methyl/N-ethyl adjacent to an activating group) is 1. The summed E-state index contributed by atoms with van der Waals surface area (Å²) in [5.74, 6) is 0. The molecule has 5 heteroatoms. The molecule has 21 heavy (non-hydrogen) atoms. The van der Waals surface area contributed by atoms with E-state index in [9.17, 15) is 0 Å². The fourth-order valence-corrected chi connectivity index (χ4v) is 2.44. The van der Waals surface area contributed by atoms with Crippen LogP contribution in [0.1, 0.15) is 17.2 Å². The lowest BCUT2D eigenvalue weighted by atomic mass is 10.0. The molecule has 0 spiro atoms. The van der Waals surface area contributed by atoms with E-state index in [-0.39, 0.29) is 6.04 Å². The van der Waals surface area contributed by atoms with Gasteiger partial charge in [-0.3, -0.25) is 4.68 Å². The zero-order chi connectivity index (χ0) is 14.7. The van der Waals surface area contributed by atoms with Crippen molar-refractivity contribution < 1.29 is 0 Å². The highest BCUT2D eigenvalue weighted by molar-refractivity contribution is 5.31. The Bertz CT molecular complexity index is 698. The van der Waals surface area contributed by atoms with Gasteiger partial charge in [-0.25, -0.2) is 4.68 Å². The molecule has 0 aliphatic rings. The summed E-state index contributed by atoms with van der Waals surface area (Å²) in [6.45, 7) is 0. The highest BCUT2D eigenvalue weighted by Crippen LogP contribution is 2.18. The van der Waals surface area contributed by atoms with Gasteiger partial charge in [0.05, 0.1) is 18.1 Å². The number of hydrogen-bond acceptors (Lipinski definition) is 3. The SMILES string of the molecule is CNC(Cc1cnn(C)c1)c1cnn(-c2ccccc2)c1. The molecular formula is C16H19N5. The first-order valence-electron chi connectivity index (χ1n) is 7.01. The number of nitrogens with one attached hydrogen (secondary N) is 1. The molecule has 3 rings (SSSR count). The first-order valence-corrected chi connectivity index (χ1v) is 7.01. The Balaban J connectivity index is 1.80. The molecule has 0 saturated heterocycles. The van der Waals surface area contributed by atoms with E-state index in [4.69, 9.17) is 0 Å². The van der Waals surface area contributed by atoms with Crippen LogP contribution in [-0.2, 0) is 13.5 Å². The van der Waals surface area contributed by atoms with Gasteiger partial charge in [-0.15, -0.1) is 0 Å². The van der Waals surface area contributed by atoms with Crippen molar-refractivity contribution in [3.63, 3.8) is 0 Å². The van der Waals surface area contributed by atoms with Gasteiger partial charge in [-0.2, -0.15) is 10.2 Å². The van der Waals surface area contributed by atoms with Crippen molar-refractivity contribution >= 4 is 0 Å². The van der Waals surface area contributed by atoms with Crippen LogP contribution in [0.3, 0.4) is 0 Å². The van der Waals surface area contributed by atoms with E-state index < -0.39 is 0 Å². The number of aryl methyl sites for hydroxylation is 1. The second kappa shape index (κ2) is 5.93. The van der Waals surface area contributed by atoms with E-state index in [1.807, 2.05) is 72.4 Å². The summed E-state index contributed by atoms with van der Waals surface area (Å²) >= 11 is 0. The predicted octanol–water partition coefficient (Wildman–Crippen LogP) is 2.11. The van der Waals surface area contributed by atoms with Gasteiger partial charge in [-0.05, 0) is 31.2 Å². The van der Waals surface area contributed by atoms with Gasteiger partial charge in [0, 0.05) is 31.0 Å². The molecule has 2 aromatic heterocycles. The summed E-state index contributed by atoms with van der Waals surface area (Å²) in [5, 5.41) is 12.0. The second-order valence-electron chi connectivity index (χ2n) is 5.12. The largest absolute Gasteiger partial charge is 0.313 e. The number of aromatic nitrogens is 4. The normalized spacial score (nSPS) is 12.5. The van der Waals surface area contributed by atoms with Crippen LogP contribution in [0.15, 0.2) is 55.1 Å². The summed E-state index contributed by atoms with van der Waals surface area (Å²) in [6, 6.07) is 10.4. The molecule has 0 aliphatic heterocycles. The van der Waals surface area contributed by atoms with Gasteiger partial charge in [0.25, 0.3) is 0 Å². The third-order valence-electron chi connectivity index (χ3n) is 3.57. The molecule has 0 radical (unpaired) electrons. The number of rotatable bonds is 5. The number of hydrogen-bond donors (Lipinski definition) is 1. The quantitative estimate of drug-likeness (QED) is 0.779. The first-order chi connectivity index (χ1) is 10.3. The van der Waals surface area contributed by atoms with Crippen molar-refractivity contribution in [2.75, 3.05) is 7.05 Å². The van der Waals surface area contributed by atoms with Crippen molar-refractivity contribution in [3.05, 3.63) is 66.2 Å². The molecule has 1 unspecified atom stereocenters. The molecular weight excluding hydrogens is 262 g/mol. The number of para-hydroxylation sites is 1. The molecule has 0 bridgehead atoms. The van der Waals surface area contributed by atoms with Crippen molar-refractivity contribution in [3.8, 4) is 5.69 Å². The minimum atomic E-state index is 0.228. The van der Waals surface area contributed by atoms with Crippen LogP contribution in [0, 0.1) is 0 Å². The molecule has 1 N–H and O–H groups in total. The van der Waals surface area contributed by atoms with Crippen molar-refractivity contribution in [1.82, 2.24) is 24.9 Å². The van der Waals surface area contributed by atoms with Crippen LogP contribution < -0.4 is 5.32 Å². The van der Waals surface area contributed by atoms with Crippen LogP contribution in [0.4, 0.5) is 0 Å². The third kappa shape index (κ3) is 3.03. The molecule has 1 atom stereocenters. The van der Waals surface area contributed by atoms with Gasteiger partial charge >= 0.3 is 0 Å². The van der Waals surface area contributed by atoms with Gasteiger partial charge in [0.1, 0.15) is 0 Å². The zero-order valence-electron chi connectivity index (χ0n) is 12.3. The van der Waals surface area contributed by atoms with E-state index >= 15 is 0 Å². The molecule has 108 valence electrons. The van der Waals surface area contributed by atoms with Gasteiger partial charge in [0.2, 0.25) is 0 Å². The minimum absolute atomic E-state index is 0.228. The van der Waals surface area contributed by atoms with Crippen LogP contribution in [0.5, 0.6) is 0 Å². The van der Waals surface area contributed by atoms with Gasteiger partial charge < -0.3 is 5.32 Å². The number of benzene rings is 1. The Kier molecular flexibility index (Phi) is 3.83. The highest BCUT2D eigenvalue weighted by Gasteiger charge is 2.13. The Morgan fingerprint density at radius 3 is 2.57 bits per heavy atom. The van der Waals surface area contributed by atoms with Crippen molar-refractivity contribution in [2.45, 2.75) is 12.5 Å². The lowest BCUT2D eigenvalue weighted by Crippen LogP contribution is -2.18. The van der Waals surface area contributed by atoms with E-state index in [1.165, 1.54) is 11.1 Å². The van der Waals surface area contributed by atoms with E-state index in [0.29, 0.717) is 0 Å². The van der Waals surface area contributed by atoms with Crippen LogP contribution in [0.2, 0.25) is 0 Å². The maximum atomic E-state index is 4.46. The van der Waals surface area contributed by atoms with Gasteiger partial charge in [-0.1, -0.05) is 18.2 Å². The fourth-order valence-electron chi connectivity index (χ4n) is 2.44. The summed E-state index contributed by atoms with van der Waals surface area (Å²) in [5.41, 5.74) is 3.45. The lowest BCUT2D eigenvalue weighted by Gasteiger charge is -2.13. The Hall–Kier alpha value is -2.40. The molecule has 3 aromatic rings. The Morgan fingerprint density at radius 2 is 1.90 bits per heavy atom. The van der Waals surface area contributed by atoms with Crippen LogP contribution in [-0.4, -0.2) is 26.6 Å². The average molecular weight is 281 g/mol. The predicted molar refractivity (Wildman–Crippen MR) is 82.3 cm³/mol. The smallest absolute Gasteiger partial charge is 0.0645 e. The Labute approximate surface area is 124 Å². The van der Waals surface area contributed by atoms with E-state index in [0.717, 1.165) is 12.1 Å². The zero-order valence-corrected chi connectivity index (χ0v) is 12.3. The van der Waals surface area contributed by atoms with Crippen molar-refractivity contribution in [1.29, 1.82) is 0 Å². The van der Waals surface area contributed by atoms with Crippen LogP contribution in [0.25, 0.3) is 5.69 Å². The van der Waals surface area contributed by atoms with Crippen molar-refractivity contribution in [2.24, 2.45) is 7.05 Å². The summed E-state index contributed by atoms with van der Waals surface area (Å²) < 4.78 is 3.73. The molecule has 0 saturated carbocycles. The maximum absolute atomic E-state index is 4.46. The van der Waals surface area contributed by atoms with Crippen LogP contribution >= 0.6 is 0 Å².